The molecule has 0 bridgehead atoms. The molecular weight excluding hydrogens is 405 g/mol. The van der Waals surface area contributed by atoms with Crippen LogP contribution in [0.2, 0.25) is 0 Å². The quantitative estimate of drug-likeness (QED) is 0.617. The summed E-state index contributed by atoms with van der Waals surface area (Å²) in [5.74, 6) is -1.97. The Kier molecular flexibility index (Phi) is 4.62. The number of nitrogens with one attached hydrogen (secondary N) is 1. The number of benzene rings is 2. The Morgan fingerprint density at radius 3 is 2.42 bits per heavy atom. The molecule has 2 aliphatic carbocycles. The Morgan fingerprint density at radius 1 is 1.13 bits per heavy atom. The van der Waals surface area contributed by atoms with Crippen molar-refractivity contribution in [2.75, 3.05) is 13.7 Å². The average molecular weight is 428 g/mol. The number of carbonyl (C=O) groups excluding carboxylic acids is 1. The number of nitrogens with zero attached hydrogens (tertiary/aromatic N) is 1. The van der Waals surface area contributed by atoms with Gasteiger partial charge in [0.2, 0.25) is 5.91 Å². The third-order valence-corrected chi connectivity index (χ3v) is 7.06. The van der Waals surface area contributed by atoms with Crippen LogP contribution in [-0.2, 0) is 4.79 Å². The van der Waals surface area contributed by atoms with Crippen molar-refractivity contribution >= 4 is 16.8 Å². The molecule has 0 atom stereocenters. The summed E-state index contributed by atoms with van der Waals surface area (Å²) in [6, 6.07) is 8.00. The fraction of sp³-hybridized carbons (Fsp3) is 0.375. The van der Waals surface area contributed by atoms with Crippen molar-refractivity contribution in [3.8, 4) is 11.3 Å². The predicted octanol–water partition coefficient (Wildman–Crippen LogP) is 4.73. The number of aromatic amines is 1. The van der Waals surface area contributed by atoms with Gasteiger partial charge in [0.15, 0.2) is 0 Å². The zero-order valence-corrected chi connectivity index (χ0v) is 17.1. The molecule has 2 N–H and O–H groups in total. The molecule has 1 aromatic heterocycles. The second kappa shape index (κ2) is 7.12. The summed E-state index contributed by atoms with van der Waals surface area (Å²) >= 11 is 0. The van der Waals surface area contributed by atoms with Crippen molar-refractivity contribution in [3.05, 3.63) is 59.4 Å². The van der Waals surface area contributed by atoms with E-state index in [1.54, 1.807) is 24.1 Å². The summed E-state index contributed by atoms with van der Waals surface area (Å²) in [7, 11) is 1.74. The van der Waals surface area contributed by atoms with E-state index < -0.39 is 17.2 Å². The van der Waals surface area contributed by atoms with E-state index in [0.29, 0.717) is 29.5 Å². The van der Waals surface area contributed by atoms with E-state index in [-0.39, 0.29) is 35.7 Å². The van der Waals surface area contributed by atoms with Crippen molar-refractivity contribution in [2.45, 2.75) is 37.1 Å². The minimum Gasteiger partial charge on any atom is -0.394 e. The number of hydrogen-bond acceptors (Lipinski definition) is 2. The molecule has 4 nitrogen and oxygen atoms in total. The molecule has 0 spiro atoms. The first-order valence-corrected chi connectivity index (χ1v) is 10.5. The van der Waals surface area contributed by atoms with E-state index in [4.69, 9.17) is 0 Å². The van der Waals surface area contributed by atoms with Crippen molar-refractivity contribution in [3.63, 3.8) is 0 Å². The number of hydrogen-bond donors (Lipinski definition) is 2. The van der Waals surface area contributed by atoms with E-state index in [2.05, 4.69) is 4.98 Å². The lowest BCUT2D eigenvalue weighted by molar-refractivity contribution is -0.141. The summed E-state index contributed by atoms with van der Waals surface area (Å²) in [5, 5.41) is 10.1. The second-order valence-corrected chi connectivity index (χ2v) is 8.88. The van der Waals surface area contributed by atoms with Gasteiger partial charge >= 0.3 is 0 Å². The summed E-state index contributed by atoms with van der Waals surface area (Å²) in [6.07, 6.45) is 2.73. The van der Waals surface area contributed by atoms with Crippen molar-refractivity contribution in [1.82, 2.24) is 9.88 Å². The Hall–Kier alpha value is -2.80. The molecule has 0 saturated heterocycles. The van der Waals surface area contributed by atoms with Gasteiger partial charge in [-0.2, -0.15) is 0 Å². The molecular formula is C24H23F3N2O2. The third-order valence-electron chi connectivity index (χ3n) is 7.06. The van der Waals surface area contributed by atoms with E-state index in [0.717, 1.165) is 24.5 Å². The molecule has 162 valence electrons. The van der Waals surface area contributed by atoms with E-state index >= 15 is 0 Å². The molecule has 1 heterocycles. The van der Waals surface area contributed by atoms with Gasteiger partial charge < -0.3 is 15.0 Å². The third kappa shape index (κ3) is 3.22. The highest BCUT2D eigenvalue weighted by Gasteiger charge is 2.50. The molecule has 2 fully saturated rings. The Morgan fingerprint density at radius 2 is 1.81 bits per heavy atom. The number of aromatic nitrogens is 1. The number of H-pyrrole nitrogens is 1. The predicted molar refractivity (Wildman–Crippen MR) is 111 cm³/mol. The zero-order chi connectivity index (χ0) is 21.9. The fourth-order valence-electron chi connectivity index (χ4n) is 4.82. The molecule has 0 radical (unpaired) electrons. The minimum absolute atomic E-state index is 0.00309. The van der Waals surface area contributed by atoms with Crippen LogP contribution in [0.3, 0.4) is 0 Å². The Bertz CT molecular complexity index is 1160. The fourth-order valence-corrected chi connectivity index (χ4v) is 4.82. The standard InChI is InChI=1S/C24H23F3N2O2/c1-29(24(12-30)6-7-24)23(31)15-8-14(9-15)20-18-10-17(26)11-19(27)22(18)28-21(20)13-2-4-16(25)5-3-13/h2-5,10-11,14-15,28,30H,6-9,12H2,1H3. The normalized spacial score (nSPS) is 21.7. The maximum absolute atomic E-state index is 14.5. The summed E-state index contributed by atoms with van der Waals surface area (Å²) in [4.78, 5) is 17.6. The lowest BCUT2D eigenvalue weighted by Gasteiger charge is -2.39. The van der Waals surface area contributed by atoms with Gasteiger partial charge in [0.05, 0.1) is 23.4 Å². The lowest BCUT2D eigenvalue weighted by Crippen LogP contribution is -2.47. The van der Waals surface area contributed by atoms with Crippen LogP contribution in [0, 0.1) is 23.4 Å². The Labute approximate surface area is 177 Å². The molecule has 0 unspecified atom stereocenters. The highest BCUT2D eigenvalue weighted by Crippen LogP contribution is 2.50. The highest BCUT2D eigenvalue weighted by atomic mass is 19.1. The number of fused-ring (bicyclic) bond motifs is 1. The van der Waals surface area contributed by atoms with Gasteiger partial charge in [-0.15, -0.1) is 0 Å². The van der Waals surface area contributed by atoms with E-state index in [9.17, 15) is 23.1 Å². The van der Waals surface area contributed by atoms with Crippen molar-refractivity contribution in [2.24, 2.45) is 5.92 Å². The van der Waals surface area contributed by atoms with Crippen LogP contribution >= 0.6 is 0 Å². The van der Waals surface area contributed by atoms with Gasteiger partial charge in [-0.3, -0.25) is 4.79 Å². The van der Waals surface area contributed by atoms with Crippen LogP contribution in [0.25, 0.3) is 22.2 Å². The number of aliphatic hydroxyl groups excluding tert-OH is 1. The molecule has 7 heteroatoms. The van der Waals surface area contributed by atoms with Crippen LogP contribution < -0.4 is 0 Å². The summed E-state index contributed by atoms with van der Waals surface area (Å²) < 4.78 is 41.9. The maximum atomic E-state index is 14.5. The number of rotatable bonds is 5. The van der Waals surface area contributed by atoms with Crippen LogP contribution in [0.4, 0.5) is 13.2 Å². The minimum atomic E-state index is -0.685. The largest absolute Gasteiger partial charge is 0.394 e. The number of carbonyl (C=O) groups is 1. The monoisotopic (exact) mass is 428 g/mol. The van der Waals surface area contributed by atoms with Gasteiger partial charge in [0, 0.05) is 24.4 Å². The topological polar surface area (TPSA) is 56.3 Å². The number of likely N-dealkylation sites (N-methyl/N-ethyl adjacent to an activating group) is 1. The van der Waals surface area contributed by atoms with Crippen LogP contribution in [-0.4, -0.2) is 40.1 Å². The van der Waals surface area contributed by atoms with Gasteiger partial charge in [0.25, 0.3) is 0 Å². The molecule has 2 saturated carbocycles. The average Bonchev–Trinajstić information content (AvgIpc) is 3.43. The van der Waals surface area contributed by atoms with Crippen LogP contribution in [0.15, 0.2) is 36.4 Å². The zero-order valence-electron chi connectivity index (χ0n) is 17.1. The molecule has 3 aromatic rings. The highest BCUT2D eigenvalue weighted by molar-refractivity contribution is 5.92. The molecule has 1 amide bonds. The molecule has 31 heavy (non-hydrogen) atoms. The maximum Gasteiger partial charge on any atom is 0.226 e. The summed E-state index contributed by atoms with van der Waals surface area (Å²) in [6.45, 7) is -0.0406. The molecule has 0 aliphatic heterocycles. The molecule has 5 rings (SSSR count). The van der Waals surface area contributed by atoms with E-state index in [1.165, 1.54) is 18.2 Å². The number of aliphatic hydroxyl groups is 1. The Balaban J connectivity index is 1.49. The van der Waals surface area contributed by atoms with Crippen molar-refractivity contribution in [1.29, 1.82) is 0 Å². The SMILES string of the molecule is CN(C(=O)C1CC(c2c(-c3ccc(F)cc3)[nH]c3c(F)cc(F)cc23)C1)C1(CO)CC1. The van der Waals surface area contributed by atoms with Gasteiger partial charge in [-0.25, -0.2) is 13.2 Å². The van der Waals surface area contributed by atoms with Gasteiger partial charge in [-0.1, -0.05) is 0 Å². The lowest BCUT2D eigenvalue weighted by atomic mass is 9.69. The van der Waals surface area contributed by atoms with Crippen LogP contribution in [0.1, 0.15) is 37.2 Å². The van der Waals surface area contributed by atoms with Gasteiger partial charge in [0.1, 0.15) is 17.5 Å². The second-order valence-electron chi connectivity index (χ2n) is 8.88. The molecule has 2 aliphatic rings. The van der Waals surface area contributed by atoms with Crippen molar-refractivity contribution < 1.29 is 23.1 Å². The number of halogens is 3. The summed E-state index contributed by atoms with van der Waals surface area (Å²) in [5.41, 5.74) is 1.85. The molecule has 2 aromatic carbocycles. The van der Waals surface area contributed by atoms with Gasteiger partial charge in [-0.05, 0) is 73.1 Å². The first-order chi connectivity index (χ1) is 14.8. The first kappa shape index (κ1) is 20.1. The van der Waals surface area contributed by atoms with E-state index in [1.807, 2.05) is 0 Å². The first-order valence-electron chi connectivity index (χ1n) is 10.5. The number of amides is 1. The van der Waals surface area contributed by atoms with Crippen LogP contribution in [0.5, 0.6) is 0 Å². The smallest absolute Gasteiger partial charge is 0.226 e.